The fourth-order valence-electron chi connectivity index (χ4n) is 5.49. The number of carbonyl (C=O) groups is 2. The Kier molecular flexibility index (Phi) is 3.52. The van der Waals surface area contributed by atoms with Crippen molar-refractivity contribution < 1.29 is 14.7 Å². The Hall–Kier alpha value is -1.68. The Morgan fingerprint density at radius 1 is 1.00 bits per heavy atom. The largest absolute Gasteiger partial charge is 0.367 e. The molecule has 23 heavy (non-hydrogen) atoms. The van der Waals surface area contributed by atoms with Crippen LogP contribution in [0.15, 0.2) is 30.3 Å². The van der Waals surface area contributed by atoms with Crippen molar-refractivity contribution in [2.75, 3.05) is 0 Å². The van der Waals surface area contributed by atoms with E-state index in [9.17, 15) is 14.7 Å². The van der Waals surface area contributed by atoms with Crippen LogP contribution in [0.4, 0.5) is 0 Å². The lowest BCUT2D eigenvalue weighted by atomic mass is 9.49. The van der Waals surface area contributed by atoms with Gasteiger partial charge >= 0.3 is 0 Å². The van der Waals surface area contributed by atoms with Crippen LogP contribution in [-0.2, 0) is 4.79 Å². The van der Waals surface area contributed by atoms with E-state index in [4.69, 9.17) is 0 Å². The van der Waals surface area contributed by atoms with E-state index < -0.39 is 12.0 Å². The van der Waals surface area contributed by atoms with Crippen LogP contribution in [0.2, 0.25) is 0 Å². The van der Waals surface area contributed by atoms with Crippen molar-refractivity contribution in [3.8, 4) is 0 Å². The molecule has 4 saturated carbocycles. The van der Waals surface area contributed by atoms with Crippen molar-refractivity contribution in [1.82, 2.24) is 5.32 Å². The third-order valence-electron chi connectivity index (χ3n) is 6.09. The van der Waals surface area contributed by atoms with E-state index in [1.165, 1.54) is 19.3 Å². The van der Waals surface area contributed by atoms with Gasteiger partial charge in [0.25, 0.3) is 0 Å². The summed E-state index contributed by atoms with van der Waals surface area (Å²) in [5.74, 6) is 1.42. The number of hydrogen-bond donors (Lipinski definition) is 2. The molecule has 0 radical (unpaired) electrons. The molecule has 122 valence electrons. The highest BCUT2D eigenvalue weighted by Gasteiger charge is 2.54. The molecule has 0 unspecified atom stereocenters. The molecule has 1 atom stereocenters. The minimum absolute atomic E-state index is 0.117. The molecule has 0 heterocycles. The lowest BCUT2D eigenvalue weighted by molar-refractivity contribution is -0.148. The second-order valence-electron chi connectivity index (χ2n) is 7.80. The first kappa shape index (κ1) is 14.9. The predicted octanol–water partition coefficient (Wildman–Crippen LogP) is 2.52. The van der Waals surface area contributed by atoms with Crippen molar-refractivity contribution in [2.24, 2.45) is 23.2 Å². The predicted molar refractivity (Wildman–Crippen MR) is 85.5 cm³/mol. The number of aliphatic hydroxyl groups excluding tert-OH is 1. The number of carbonyl (C=O) groups excluding carboxylic acids is 2. The number of nitrogens with one attached hydrogen (secondary N) is 1. The quantitative estimate of drug-likeness (QED) is 0.663. The van der Waals surface area contributed by atoms with Crippen molar-refractivity contribution in [1.29, 1.82) is 0 Å². The molecule has 4 bridgehead atoms. The third kappa shape index (κ3) is 2.59. The van der Waals surface area contributed by atoms with E-state index in [1.807, 2.05) is 6.07 Å². The molecule has 0 aromatic heterocycles. The minimum Gasteiger partial charge on any atom is -0.367 e. The molecule has 4 nitrogen and oxygen atoms in total. The number of rotatable bonds is 4. The fraction of sp³-hybridized carbons (Fsp3) is 0.579. The maximum absolute atomic E-state index is 12.8. The normalized spacial score (nSPS) is 35.8. The third-order valence-corrected chi connectivity index (χ3v) is 6.09. The van der Waals surface area contributed by atoms with Gasteiger partial charge in [0.1, 0.15) is 0 Å². The summed E-state index contributed by atoms with van der Waals surface area (Å²) in [6.07, 6.45) is 5.12. The maximum Gasteiger partial charge on any atom is 0.228 e. The topological polar surface area (TPSA) is 66.4 Å². The molecule has 4 heteroatoms. The van der Waals surface area contributed by atoms with Crippen molar-refractivity contribution in [3.05, 3.63) is 35.9 Å². The number of ketones is 1. The smallest absolute Gasteiger partial charge is 0.228 e. The van der Waals surface area contributed by atoms with E-state index in [0.29, 0.717) is 23.3 Å². The Morgan fingerprint density at radius 3 is 2.04 bits per heavy atom. The van der Waals surface area contributed by atoms with Gasteiger partial charge in [0.15, 0.2) is 6.23 Å². The molecule has 5 rings (SSSR count). The minimum atomic E-state index is -1.45. The highest BCUT2D eigenvalue weighted by atomic mass is 16.3. The molecule has 4 fully saturated rings. The van der Waals surface area contributed by atoms with Gasteiger partial charge < -0.3 is 10.4 Å². The van der Waals surface area contributed by atoms with Gasteiger partial charge in [-0.05, 0) is 56.3 Å². The zero-order chi connectivity index (χ0) is 16.0. The van der Waals surface area contributed by atoms with Crippen LogP contribution in [0.25, 0.3) is 0 Å². The monoisotopic (exact) mass is 313 g/mol. The van der Waals surface area contributed by atoms with Gasteiger partial charge in [-0.3, -0.25) is 9.59 Å². The van der Waals surface area contributed by atoms with Crippen molar-refractivity contribution >= 4 is 11.7 Å². The summed E-state index contributed by atoms with van der Waals surface area (Å²) in [6.45, 7) is 0. The molecule has 0 saturated heterocycles. The van der Waals surface area contributed by atoms with E-state index in [0.717, 1.165) is 19.3 Å². The average molecular weight is 313 g/mol. The summed E-state index contributed by atoms with van der Waals surface area (Å²) >= 11 is 0. The average Bonchev–Trinajstić information content (AvgIpc) is 2.53. The van der Waals surface area contributed by atoms with Crippen LogP contribution in [0.1, 0.15) is 48.9 Å². The molecular formula is C19H23NO3. The molecule has 0 spiro atoms. The van der Waals surface area contributed by atoms with E-state index in [-0.39, 0.29) is 11.3 Å². The SMILES string of the molecule is O=C(c1ccccc1)[C@H](O)NC(=O)C12CC3CC(CC(C3)C1)C2. The first-order chi connectivity index (χ1) is 11.1. The Morgan fingerprint density at radius 2 is 1.52 bits per heavy atom. The maximum atomic E-state index is 12.8. The van der Waals surface area contributed by atoms with Crippen molar-refractivity contribution in [3.63, 3.8) is 0 Å². The molecule has 1 aromatic carbocycles. The lowest BCUT2D eigenvalue weighted by Crippen LogP contribution is -2.56. The molecule has 1 amide bonds. The van der Waals surface area contributed by atoms with Crippen molar-refractivity contribution in [2.45, 2.75) is 44.8 Å². The van der Waals surface area contributed by atoms with Crippen LogP contribution in [-0.4, -0.2) is 23.0 Å². The Bertz CT molecular complexity index is 589. The summed E-state index contributed by atoms with van der Waals surface area (Å²) in [6, 6.07) is 8.63. The second-order valence-corrected chi connectivity index (χ2v) is 7.80. The standard InChI is InChI=1S/C19H23NO3/c21-16(15-4-2-1-3-5-15)17(22)20-18(23)19-9-12-6-13(10-19)8-14(7-12)11-19/h1-5,12-14,17,22H,6-11H2,(H,20,23)/t12?,13?,14?,17-,19?/m0/s1. The van der Waals surface area contributed by atoms with Crippen LogP contribution in [0.5, 0.6) is 0 Å². The van der Waals surface area contributed by atoms with Crippen LogP contribution >= 0.6 is 0 Å². The lowest BCUT2D eigenvalue weighted by Gasteiger charge is -2.55. The van der Waals surface area contributed by atoms with Gasteiger partial charge in [-0.2, -0.15) is 0 Å². The van der Waals surface area contributed by atoms with Crippen LogP contribution in [0, 0.1) is 23.2 Å². The highest BCUT2D eigenvalue weighted by molar-refractivity contribution is 6.01. The van der Waals surface area contributed by atoms with Gasteiger partial charge in [-0.25, -0.2) is 0 Å². The summed E-state index contributed by atoms with van der Waals surface area (Å²) < 4.78 is 0. The summed E-state index contributed by atoms with van der Waals surface area (Å²) in [7, 11) is 0. The zero-order valence-corrected chi connectivity index (χ0v) is 13.2. The molecule has 2 N–H and O–H groups in total. The van der Waals surface area contributed by atoms with Gasteiger partial charge in [-0.15, -0.1) is 0 Å². The van der Waals surface area contributed by atoms with Crippen LogP contribution < -0.4 is 5.32 Å². The van der Waals surface area contributed by atoms with Crippen LogP contribution in [0.3, 0.4) is 0 Å². The zero-order valence-electron chi connectivity index (χ0n) is 13.2. The van der Waals surface area contributed by atoms with Gasteiger partial charge in [0.2, 0.25) is 11.7 Å². The number of amides is 1. The second kappa shape index (κ2) is 5.45. The number of aliphatic hydroxyl groups is 1. The number of hydrogen-bond acceptors (Lipinski definition) is 3. The highest BCUT2D eigenvalue weighted by Crippen LogP contribution is 2.60. The number of Topliss-reactive ketones (excluding diaryl/α,β-unsaturated/α-hetero) is 1. The number of benzene rings is 1. The molecule has 0 aliphatic heterocycles. The summed E-state index contributed by atoms with van der Waals surface area (Å²) in [5.41, 5.74) is 0.0815. The Labute approximate surface area is 136 Å². The first-order valence-electron chi connectivity index (χ1n) is 8.64. The fourth-order valence-corrected chi connectivity index (χ4v) is 5.49. The van der Waals surface area contributed by atoms with Gasteiger partial charge in [0.05, 0.1) is 5.41 Å². The van der Waals surface area contributed by atoms with E-state index in [2.05, 4.69) is 5.32 Å². The molecule has 4 aliphatic rings. The van der Waals surface area contributed by atoms with Gasteiger partial charge in [-0.1, -0.05) is 30.3 Å². The van der Waals surface area contributed by atoms with E-state index in [1.54, 1.807) is 24.3 Å². The summed E-state index contributed by atoms with van der Waals surface area (Å²) in [4.78, 5) is 25.1. The molecule has 1 aromatic rings. The molecule has 4 aliphatic carbocycles. The molecular weight excluding hydrogens is 290 g/mol. The van der Waals surface area contributed by atoms with Gasteiger partial charge in [0, 0.05) is 5.56 Å². The van der Waals surface area contributed by atoms with E-state index >= 15 is 0 Å². The summed E-state index contributed by atoms with van der Waals surface area (Å²) in [5, 5.41) is 12.8. The Balaban J connectivity index is 1.47. The first-order valence-corrected chi connectivity index (χ1v) is 8.64.